The van der Waals surface area contributed by atoms with E-state index >= 15 is 8.78 Å². The number of amides is 1. The van der Waals surface area contributed by atoms with Crippen LogP contribution in [-0.2, 0) is 20.5 Å². The Kier molecular flexibility index (Phi) is 8.51. The Morgan fingerprint density at radius 3 is 2.42 bits per heavy atom. The van der Waals surface area contributed by atoms with Crippen molar-refractivity contribution in [2.24, 2.45) is 0 Å². The molecule has 234 valence electrons. The maximum absolute atomic E-state index is 15.8. The maximum atomic E-state index is 15.8. The van der Waals surface area contributed by atoms with Gasteiger partial charge in [0.05, 0.1) is 24.6 Å². The number of carbonyl (C=O) groups excluding carboxylic acids is 2. The number of aromatic nitrogens is 1. The van der Waals surface area contributed by atoms with Crippen LogP contribution < -0.4 is 15.6 Å². The number of alkyl halides is 3. The van der Waals surface area contributed by atoms with Gasteiger partial charge in [-0.05, 0) is 79.9 Å². The van der Waals surface area contributed by atoms with Gasteiger partial charge in [0, 0.05) is 29.0 Å². The molecule has 0 aliphatic carbocycles. The van der Waals surface area contributed by atoms with Crippen molar-refractivity contribution in [3.63, 3.8) is 0 Å². The van der Waals surface area contributed by atoms with E-state index in [1.54, 1.807) is 38.1 Å². The Hall–Kier alpha value is -5.00. The number of hydrogen-bond donors (Lipinski definition) is 1. The van der Waals surface area contributed by atoms with Crippen molar-refractivity contribution in [2.75, 3.05) is 6.61 Å². The molecule has 3 aromatic carbocycles. The largest absolute Gasteiger partial charge is 0.466 e. The van der Waals surface area contributed by atoms with Crippen molar-refractivity contribution in [1.29, 1.82) is 0 Å². The topological polar surface area (TPSA) is 86.6 Å². The van der Waals surface area contributed by atoms with Crippen LogP contribution in [0.15, 0.2) is 71.7 Å². The third-order valence-corrected chi connectivity index (χ3v) is 7.47. The number of halogens is 5. The Bertz CT molecular complexity index is 1870. The van der Waals surface area contributed by atoms with Crippen LogP contribution >= 0.6 is 0 Å². The van der Waals surface area contributed by atoms with E-state index in [1.807, 2.05) is 0 Å². The molecule has 1 N–H and O–H groups in total. The van der Waals surface area contributed by atoms with Crippen LogP contribution in [0.2, 0.25) is 0 Å². The van der Waals surface area contributed by atoms with Gasteiger partial charge in [0.15, 0.2) is 0 Å². The Balaban J connectivity index is 1.80. The highest BCUT2D eigenvalue weighted by molar-refractivity contribution is 5.85. The van der Waals surface area contributed by atoms with E-state index in [9.17, 15) is 27.6 Å². The van der Waals surface area contributed by atoms with E-state index in [0.717, 1.165) is 23.9 Å². The van der Waals surface area contributed by atoms with Crippen molar-refractivity contribution in [3.8, 4) is 22.6 Å². The lowest BCUT2D eigenvalue weighted by Gasteiger charge is -2.26. The second kappa shape index (κ2) is 12.2. The zero-order chi connectivity index (χ0) is 32.6. The molecule has 0 radical (unpaired) electrons. The molecule has 4 bridgehead atoms. The van der Waals surface area contributed by atoms with Gasteiger partial charge in [-0.3, -0.25) is 19.0 Å². The molecular formula is C33H27F5N2O5. The third kappa shape index (κ3) is 6.31. The van der Waals surface area contributed by atoms with Gasteiger partial charge >= 0.3 is 12.1 Å². The number of nitrogens with one attached hydrogen (secondary N) is 1. The fourth-order valence-corrected chi connectivity index (χ4v) is 5.39. The quantitative estimate of drug-likeness (QED) is 0.196. The van der Waals surface area contributed by atoms with Crippen LogP contribution in [0.5, 0.6) is 11.5 Å². The van der Waals surface area contributed by atoms with Crippen LogP contribution in [-0.4, -0.2) is 23.1 Å². The molecule has 7 nitrogen and oxygen atoms in total. The fraction of sp³-hybridized carbons (Fsp3) is 0.242. The lowest BCUT2D eigenvalue weighted by atomic mass is 9.92. The molecular weight excluding hydrogens is 599 g/mol. The lowest BCUT2D eigenvalue weighted by molar-refractivity contribution is -0.144. The van der Waals surface area contributed by atoms with E-state index in [1.165, 1.54) is 19.1 Å². The number of ether oxygens (including phenoxy) is 2. The lowest BCUT2D eigenvalue weighted by Crippen LogP contribution is -2.41. The number of benzene rings is 3. The summed E-state index contributed by atoms with van der Waals surface area (Å²) in [6.07, 6.45) is -4.68. The van der Waals surface area contributed by atoms with Gasteiger partial charge in [0.25, 0.3) is 5.56 Å². The summed E-state index contributed by atoms with van der Waals surface area (Å²) in [6, 6.07) is 9.23. The predicted molar refractivity (Wildman–Crippen MR) is 154 cm³/mol. The summed E-state index contributed by atoms with van der Waals surface area (Å²) in [5, 5.41) is 2.55. The minimum atomic E-state index is -4.86. The Morgan fingerprint density at radius 1 is 0.978 bits per heavy atom. The normalized spacial score (nSPS) is 16.3. The standard InChI is InChI=1S/C33H27F5N2O5/c1-4-44-28(42)16-25-23-13-19(12-18(3)30(23)35)29-17(2)6-5-7-26(29)45-21-8-9-24(34)22(15-21)31(32(43)39-25)40-11-10-20(14-27(40)41)33(36,37)38/h5-15,25,31H,4,16H2,1-3H3,(H,39,43)/t25-,31-/m0/s1. The first-order valence-electron chi connectivity index (χ1n) is 13.9. The van der Waals surface area contributed by atoms with E-state index in [4.69, 9.17) is 9.47 Å². The van der Waals surface area contributed by atoms with Gasteiger partial charge in [-0.2, -0.15) is 13.2 Å². The fourth-order valence-electron chi connectivity index (χ4n) is 5.39. The minimum absolute atomic E-state index is 0.00741. The molecule has 2 atom stereocenters. The number of rotatable bonds is 4. The number of hydrogen-bond acceptors (Lipinski definition) is 5. The van der Waals surface area contributed by atoms with E-state index in [0.29, 0.717) is 27.5 Å². The van der Waals surface area contributed by atoms with Gasteiger partial charge < -0.3 is 14.8 Å². The molecule has 1 aliphatic rings. The molecule has 12 heteroatoms. The molecule has 1 aromatic heterocycles. The zero-order valence-electron chi connectivity index (χ0n) is 24.3. The average Bonchev–Trinajstić information content (AvgIpc) is 2.96. The zero-order valence-corrected chi connectivity index (χ0v) is 24.3. The number of nitrogens with zero attached hydrogens (tertiary/aromatic N) is 1. The van der Waals surface area contributed by atoms with Gasteiger partial charge in [0.1, 0.15) is 29.2 Å². The average molecular weight is 627 g/mol. The first-order chi connectivity index (χ1) is 21.3. The number of carbonyl (C=O) groups is 2. The number of pyridine rings is 1. The molecule has 5 rings (SSSR count). The number of aryl methyl sites for hydroxylation is 2. The Labute approximate surface area is 254 Å². The molecule has 0 unspecified atom stereocenters. The molecule has 0 saturated heterocycles. The SMILES string of the molecule is CCOC(=O)C[C@@H]1NC(=O)[C@@H](n2ccc(C(F)(F)F)cc2=O)c2cc(ccc2F)Oc2cccc(C)c2-c2cc(C)c(F)c1c2. The molecule has 1 aliphatic heterocycles. The first-order valence-corrected chi connectivity index (χ1v) is 13.9. The Morgan fingerprint density at radius 2 is 1.73 bits per heavy atom. The highest BCUT2D eigenvalue weighted by Crippen LogP contribution is 2.40. The van der Waals surface area contributed by atoms with Gasteiger partial charge in [0.2, 0.25) is 5.91 Å². The van der Waals surface area contributed by atoms with Crippen LogP contribution in [0.1, 0.15) is 53.2 Å². The van der Waals surface area contributed by atoms with Crippen molar-refractivity contribution in [2.45, 2.75) is 45.5 Å². The molecule has 2 heterocycles. The minimum Gasteiger partial charge on any atom is -0.466 e. The van der Waals surface area contributed by atoms with Crippen LogP contribution in [0, 0.1) is 25.5 Å². The molecule has 45 heavy (non-hydrogen) atoms. The summed E-state index contributed by atoms with van der Waals surface area (Å²) >= 11 is 0. The van der Waals surface area contributed by atoms with Crippen LogP contribution in [0.3, 0.4) is 0 Å². The number of esters is 1. The third-order valence-electron chi connectivity index (χ3n) is 7.47. The van der Waals surface area contributed by atoms with Crippen LogP contribution in [0.25, 0.3) is 11.1 Å². The molecule has 0 spiro atoms. The van der Waals surface area contributed by atoms with Crippen LogP contribution in [0.4, 0.5) is 22.0 Å². The highest BCUT2D eigenvalue weighted by Gasteiger charge is 2.35. The first kappa shape index (κ1) is 31.4. The van der Waals surface area contributed by atoms with Crippen molar-refractivity contribution >= 4 is 11.9 Å². The van der Waals surface area contributed by atoms with E-state index < -0.39 is 64.9 Å². The molecule has 4 aromatic rings. The summed E-state index contributed by atoms with van der Waals surface area (Å²) in [7, 11) is 0. The molecule has 0 saturated carbocycles. The molecule has 1 amide bonds. The number of fused-ring (bicyclic) bond motifs is 6. The van der Waals surface area contributed by atoms with Gasteiger partial charge in [-0.1, -0.05) is 12.1 Å². The smallest absolute Gasteiger partial charge is 0.416 e. The van der Waals surface area contributed by atoms with Gasteiger partial charge in [-0.25, -0.2) is 8.78 Å². The van der Waals surface area contributed by atoms with E-state index in [-0.39, 0.29) is 29.5 Å². The summed E-state index contributed by atoms with van der Waals surface area (Å²) < 4.78 is 83.3. The second-order valence-corrected chi connectivity index (χ2v) is 10.6. The van der Waals surface area contributed by atoms with Crippen molar-refractivity contribution in [3.05, 3.63) is 117 Å². The summed E-state index contributed by atoms with van der Waals surface area (Å²) in [5.74, 6) is -3.25. The highest BCUT2D eigenvalue weighted by atomic mass is 19.4. The van der Waals surface area contributed by atoms with Crippen molar-refractivity contribution in [1.82, 2.24) is 9.88 Å². The van der Waals surface area contributed by atoms with Crippen molar-refractivity contribution < 1.29 is 41.0 Å². The molecule has 0 fully saturated rings. The predicted octanol–water partition coefficient (Wildman–Crippen LogP) is 6.93. The monoisotopic (exact) mass is 626 g/mol. The summed E-state index contributed by atoms with van der Waals surface area (Å²) in [4.78, 5) is 39.8. The van der Waals surface area contributed by atoms with Gasteiger partial charge in [-0.15, -0.1) is 0 Å². The summed E-state index contributed by atoms with van der Waals surface area (Å²) in [5.41, 5.74) is -1.08. The summed E-state index contributed by atoms with van der Waals surface area (Å²) in [6.45, 7) is 4.87. The van der Waals surface area contributed by atoms with E-state index in [2.05, 4.69) is 5.32 Å². The maximum Gasteiger partial charge on any atom is 0.416 e. The second-order valence-electron chi connectivity index (χ2n) is 10.6.